The van der Waals surface area contributed by atoms with Gasteiger partial charge in [0.1, 0.15) is 58.2 Å². The van der Waals surface area contributed by atoms with Gasteiger partial charge >= 0.3 is 0 Å². The minimum Gasteiger partial charge on any atom is -0.391 e. The molecule has 3 heterocycles. The van der Waals surface area contributed by atoms with Crippen molar-refractivity contribution >= 4 is 35.0 Å². The van der Waals surface area contributed by atoms with Crippen molar-refractivity contribution in [2.24, 2.45) is 0 Å². The number of rotatable bonds is 7. The molecule has 1 fully saturated rings. The van der Waals surface area contributed by atoms with Crippen molar-refractivity contribution < 1.29 is 28.1 Å². The summed E-state index contributed by atoms with van der Waals surface area (Å²) in [5.74, 6) is -1.87. The van der Waals surface area contributed by atoms with Gasteiger partial charge in [0.25, 0.3) is 0 Å². The van der Waals surface area contributed by atoms with Gasteiger partial charge in [-0.25, -0.2) is 18.4 Å². The SMILES string of the molecule is COC1C(n2cc(-c3cc(F)c(Cl)c(F)c3)nn2)[C@@H](OC)C([C@@H](C)O)O[C@@H]1Sc1cc(Cl)cnc1C#N. The third-order valence-corrected chi connectivity index (χ3v) is 7.58. The van der Waals surface area contributed by atoms with Crippen molar-refractivity contribution in [1.82, 2.24) is 20.0 Å². The van der Waals surface area contributed by atoms with Gasteiger partial charge in [0, 0.05) is 30.9 Å². The first-order chi connectivity index (χ1) is 17.7. The Bertz CT molecular complexity index is 1300. The molecule has 9 nitrogen and oxygen atoms in total. The molecule has 37 heavy (non-hydrogen) atoms. The monoisotopic (exact) mass is 571 g/mol. The normalized spacial score (nSPS) is 24.6. The third-order valence-electron chi connectivity index (χ3n) is 5.84. The molecule has 14 heteroatoms. The Hall–Kier alpha value is -2.37. The molecule has 0 amide bonds. The number of ether oxygens (including phenoxy) is 3. The topological polar surface area (TPSA) is 115 Å². The highest BCUT2D eigenvalue weighted by atomic mass is 35.5. The number of hydrogen-bond donors (Lipinski definition) is 1. The summed E-state index contributed by atoms with van der Waals surface area (Å²) in [4.78, 5) is 4.50. The van der Waals surface area contributed by atoms with Crippen LogP contribution in [0.15, 0.2) is 35.5 Å². The zero-order valence-corrected chi connectivity index (χ0v) is 22.0. The fourth-order valence-electron chi connectivity index (χ4n) is 4.14. The van der Waals surface area contributed by atoms with Crippen LogP contribution < -0.4 is 0 Å². The highest BCUT2D eigenvalue weighted by molar-refractivity contribution is 7.99. The largest absolute Gasteiger partial charge is 0.391 e. The van der Waals surface area contributed by atoms with E-state index in [0.717, 1.165) is 23.9 Å². The standard InChI is InChI=1S/C23H21Cl2F2N5O4S/c1-10(33)20-21(34-2)19(32-9-16(30-31-32)11-4-13(26)18(25)14(27)5-11)22(35-3)23(36-20)37-17-6-12(24)8-29-15(17)7-28/h4-6,8-10,19-23,33H,1-3H3/t10-,19?,20?,21-,22?,23-/m1/s1. The van der Waals surface area contributed by atoms with Crippen LogP contribution in [0.25, 0.3) is 11.3 Å². The van der Waals surface area contributed by atoms with Gasteiger partial charge in [0.05, 0.1) is 17.3 Å². The van der Waals surface area contributed by atoms with Gasteiger partial charge in [-0.3, -0.25) is 0 Å². The van der Waals surface area contributed by atoms with Crippen LogP contribution in [0.3, 0.4) is 0 Å². The Labute approximate surface area is 225 Å². The summed E-state index contributed by atoms with van der Waals surface area (Å²) in [5, 5.41) is 28.0. The smallest absolute Gasteiger partial charge is 0.154 e. The molecule has 0 spiro atoms. The molecule has 2 aromatic heterocycles. The zero-order chi connectivity index (χ0) is 26.9. The van der Waals surface area contributed by atoms with Crippen LogP contribution in [-0.2, 0) is 14.2 Å². The quantitative estimate of drug-likeness (QED) is 0.415. The van der Waals surface area contributed by atoms with Crippen LogP contribution in [0.5, 0.6) is 0 Å². The van der Waals surface area contributed by atoms with E-state index < -0.39 is 52.6 Å². The van der Waals surface area contributed by atoms with Crippen LogP contribution in [0.4, 0.5) is 8.78 Å². The van der Waals surface area contributed by atoms with E-state index >= 15 is 0 Å². The fraction of sp³-hybridized carbons (Fsp3) is 0.391. The van der Waals surface area contributed by atoms with E-state index in [2.05, 4.69) is 15.3 Å². The van der Waals surface area contributed by atoms with Crippen molar-refractivity contribution in [1.29, 1.82) is 5.26 Å². The van der Waals surface area contributed by atoms with Gasteiger partial charge in [0.2, 0.25) is 0 Å². The number of aromatic nitrogens is 4. The van der Waals surface area contributed by atoms with E-state index in [0.29, 0.717) is 9.92 Å². The molecule has 3 unspecified atom stereocenters. The minimum absolute atomic E-state index is 0.127. The summed E-state index contributed by atoms with van der Waals surface area (Å²) in [6.07, 6.45) is -0.467. The highest BCUT2D eigenvalue weighted by Gasteiger charge is 2.50. The minimum atomic E-state index is -0.969. The third kappa shape index (κ3) is 5.58. The predicted molar refractivity (Wildman–Crippen MR) is 131 cm³/mol. The van der Waals surface area contributed by atoms with Crippen molar-refractivity contribution in [3.63, 3.8) is 0 Å². The Balaban J connectivity index is 1.75. The molecule has 1 N–H and O–H groups in total. The van der Waals surface area contributed by atoms with Crippen molar-refractivity contribution in [2.75, 3.05) is 14.2 Å². The van der Waals surface area contributed by atoms with Crippen LogP contribution in [-0.4, -0.2) is 69.2 Å². The van der Waals surface area contributed by atoms with E-state index in [9.17, 15) is 19.1 Å². The number of halogens is 4. The molecule has 4 rings (SSSR count). The number of aliphatic hydroxyl groups excluding tert-OH is 1. The average molecular weight is 572 g/mol. The molecule has 0 radical (unpaired) electrons. The Morgan fingerprint density at radius 2 is 1.86 bits per heavy atom. The molecular weight excluding hydrogens is 551 g/mol. The van der Waals surface area contributed by atoms with Crippen molar-refractivity contribution in [3.05, 3.63) is 58.0 Å². The zero-order valence-electron chi connectivity index (χ0n) is 19.7. The summed E-state index contributed by atoms with van der Waals surface area (Å²) in [5.41, 5.74) is -0.329. The van der Waals surface area contributed by atoms with Gasteiger partial charge in [-0.1, -0.05) is 40.2 Å². The van der Waals surface area contributed by atoms with Gasteiger partial charge in [-0.05, 0) is 25.1 Å². The van der Waals surface area contributed by atoms with Crippen molar-refractivity contribution in [3.8, 4) is 17.3 Å². The van der Waals surface area contributed by atoms with Crippen LogP contribution in [0, 0.1) is 23.0 Å². The fourth-order valence-corrected chi connectivity index (χ4v) is 5.72. The summed E-state index contributed by atoms with van der Waals surface area (Å²) in [6.45, 7) is 1.55. The number of hydrogen-bond acceptors (Lipinski definition) is 9. The van der Waals surface area contributed by atoms with Crippen LogP contribution in [0.1, 0.15) is 18.7 Å². The molecule has 1 aliphatic heterocycles. The number of nitrogens with zero attached hydrogens (tertiary/aromatic N) is 5. The van der Waals surface area contributed by atoms with Gasteiger partial charge in [-0.2, -0.15) is 5.26 Å². The lowest BCUT2D eigenvalue weighted by Crippen LogP contribution is -2.58. The lowest BCUT2D eigenvalue weighted by molar-refractivity contribution is -0.208. The molecule has 3 aromatic rings. The van der Waals surface area contributed by atoms with Crippen LogP contribution in [0.2, 0.25) is 10.0 Å². The Kier molecular flexibility index (Phi) is 8.65. The Morgan fingerprint density at radius 3 is 2.46 bits per heavy atom. The molecule has 6 atom stereocenters. The highest BCUT2D eigenvalue weighted by Crippen LogP contribution is 2.42. The lowest BCUT2D eigenvalue weighted by atomic mass is 9.94. The molecule has 1 aromatic carbocycles. The van der Waals surface area contributed by atoms with E-state index in [1.54, 1.807) is 13.0 Å². The maximum atomic E-state index is 14.1. The molecule has 1 aliphatic rings. The molecule has 196 valence electrons. The average Bonchev–Trinajstić information content (AvgIpc) is 3.36. The van der Waals surface area contributed by atoms with Gasteiger partial charge in [0.15, 0.2) is 5.69 Å². The number of methoxy groups -OCH3 is 2. The molecule has 0 bridgehead atoms. The van der Waals surface area contributed by atoms with Crippen molar-refractivity contribution in [2.45, 2.75) is 47.7 Å². The maximum absolute atomic E-state index is 14.1. The summed E-state index contributed by atoms with van der Waals surface area (Å²) in [7, 11) is 2.92. The molecule has 0 aliphatic carbocycles. The Morgan fingerprint density at radius 1 is 1.19 bits per heavy atom. The summed E-state index contributed by atoms with van der Waals surface area (Å²) >= 11 is 12.8. The molecular formula is C23H21Cl2F2N5O4S. The number of thioether (sulfide) groups is 1. The molecule has 1 saturated heterocycles. The number of aliphatic hydroxyl groups is 1. The number of pyridine rings is 1. The second-order valence-corrected chi connectivity index (χ2v) is 10.1. The summed E-state index contributed by atoms with van der Waals surface area (Å²) < 4.78 is 47.3. The first kappa shape index (κ1) is 27.7. The van der Waals surface area contributed by atoms with Crippen LogP contribution >= 0.6 is 35.0 Å². The number of nitriles is 1. The van der Waals surface area contributed by atoms with E-state index in [1.165, 1.54) is 31.3 Å². The van der Waals surface area contributed by atoms with E-state index in [4.69, 9.17) is 37.4 Å². The maximum Gasteiger partial charge on any atom is 0.154 e. The first-order valence-electron chi connectivity index (χ1n) is 10.9. The predicted octanol–water partition coefficient (Wildman–Crippen LogP) is 4.27. The lowest BCUT2D eigenvalue weighted by Gasteiger charge is -2.46. The van der Waals surface area contributed by atoms with Gasteiger partial charge < -0.3 is 19.3 Å². The van der Waals surface area contributed by atoms with E-state index in [-0.39, 0.29) is 17.0 Å². The summed E-state index contributed by atoms with van der Waals surface area (Å²) in [6, 6.07) is 5.00. The van der Waals surface area contributed by atoms with Gasteiger partial charge in [-0.15, -0.1) is 5.10 Å². The number of benzene rings is 1. The first-order valence-corrected chi connectivity index (χ1v) is 12.5. The second kappa shape index (κ2) is 11.6. The van der Waals surface area contributed by atoms with E-state index in [1.807, 2.05) is 6.07 Å². The second-order valence-electron chi connectivity index (χ2n) is 8.17. The molecule has 0 saturated carbocycles.